The first-order valence-corrected chi connectivity index (χ1v) is 10.1. The number of aromatic nitrogens is 1. The summed E-state index contributed by atoms with van der Waals surface area (Å²) in [5.74, 6) is -0.125. The molecule has 0 fully saturated rings. The number of fused-ring (bicyclic) bond motifs is 4. The summed E-state index contributed by atoms with van der Waals surface area (Å²) in [4.78, 5) is 19.2. The third-order valence-corrected chi connectivity index (χ3v) is 6.24. The molecule has 0 radical (unpaired) electrons. The van der Waals surface area contributed by atoms with Crippen molar-refractivity contribution in [2.75, 3.05) is 11.4 Å². The van der Waals surface area contributed by atoms with Gasteiger partial charge in [-0.1, -0.05) is 54.6 Å². The van der Waals surface area contributed by atoms with Crippen LogP contribution in [-0.2, 0) is 11.2 Å². The number of rotatable bonds is 2. The molecule has 0 bridgehead atoms. The summed E-state index contributed by atoms with van der Waals surface area (Å²) in [7, 11) is 0. The number of hydrogen-bond acceptors (Lipinski definition) is 2. The summed E-state index contributed by atoms with van der Waals surface area (Å²) in [6, 6.07) is 26.5. The fourth-order valence-corrected chi connectivity index (χ4v) is 5.01. The van der Waals surface area contributed by atoms with E-state index in [2.05, 4.69) is 46.7 Å². The Bertz CT molecular complexity index is 1230. The van der Waals surface area contributed by atoms with Crippen molar-refractivity contribution < 1.29 is 4.79 Å². The minimum Gasteiger partial charge on any atom is -0.357 e. The van der Waals surface area contributed by atoms with Crippen LogP contribution in [0.1, 0.15) is 28.8 Å². The van der Waals surface area contributed by atoms with Crippen molar-refractivity contribution in [3.8, 4) is 0 Å². The first-order valence-electron chi connectivity index (χ1n) is 10.1. The van der Waals surface area contributed by atoms with Crippen LogP contribution in [0, 0.1) is 0 Å². The van der Waals surface area contributed by atoms with E-state index in [9.17, 15) is 4.79 Å². The molecule has 0 aliphatic carbocycles. The van der Waals surface area contributed by atoms with E-state index in [0.717, 1.165) is 41.1 Å². The average molecular weight is 379 g/mol. The van der Waals surface area contributed by atoms with E-state index in [-0.39, 0.29) is 17.9 Å². The number of para-hydroxylation sites is 3. The molecule has 3 heterocycles. The molecule has 6 rings (SSSR count). The second kappa shape index (κ2) is 6.33. The van der Waals surface area contributed by atoms with Gasteiger partial charge in [-0.15, -0.1) is 0 Å². The lowest BCUT2D eigenvalue weighted by atomic mass is 9.86. The Kier molecular flexibility index (Phi) is 3.61. The predicted octanol–water partition coefficient (Wildman–Crippen LogP) is 4.82. The number of aromatic amines is 1. The summed E-state index contributed by atoms with van der Waals surface area (Å²) < 4.78 is 0. The summed E-state index contributed by atoms with van der Waals surface area (Å²) >= 11 is 0. The van der Waals surface area contributed by atoms with Crippen molar-refractivity contribution in [1.82, 2.24) is 10.3 Å². The van der Waals surface area contributed by atoms with Crippen LogP contribution in [0.5, 0.6) is 0 Å². The van der Waals surface area contributed by atoms with E-state index in [4.69, 9.17) is 0 Å². The minimum atomic E-state index is -0.251. The van der Waals surface area contributed by atoms with Crippen LogP contribution in [0.3, 0.4) is 0 Å². The molecule has 142 valence electrons. The van der Waals surface area contributed by atoms with Crippen LogP contribution in [0.4, 0.5) is 11.4 Å². The fraction of sp³-hybridized carbons (Fsp3) is 0.160. The van der Waals surface area contributed by atoms with Gasteiger partial charge in [-0.05, 0) is 48.4 Å². The summed E-state index contributed by atoms with van der Waals surface area (Å²) in [6.45, 7) is 0.872. The lowest BCUT2D eigenvalue weighted by Crippen LogP contribution is -2.37. The number of anilines is 2. The van der Waals surface area contributed by atoms with Crippen molar-refractivity contribution >= 4 is 28.2 Å². The lowest BCUT2D eigenvalue weighted by molar-refractivity contribution is -0.119. The first kappa shape index (κ1) is 16.6. The van der Waals surface area contributed by atoms with E-state index in [1.807, 2.05) is 47.4 Å². The Morgan fingerprint density at radius 1 is 0.862 bits per heavy atom. The molecule has 4 heteroatoms. The standard InChI is InChI=1S/C25H21N3O/c29-25-22(19-11-5-7-13-21(19)28(25)16-8-2-1-3-9-16)24-23-18(14-15-26-24)17-10-4-6-12-20(17)27-23/h1-13,22,24,26-27H,14-15H2. The molecule has 2 unspecified atom stereocenters. The molecular formula is C25H21N3O. The molecule has 1 amide bonds. The fourth-order valence-electron chi connectivity index (χ4n) is 5.01. The number of amides is 1. The summed E-state index contributed by atoms with van der Waals surface area (Å²) in [5, 5.41) is 4.91. The SMILES string of the molecule is O=C1C(C2NCCc3c2[nH]c2ccccc32)c2ccccc2N1c1ccccc1. The van der Waals surface area contributed by atoms with Gasteiger partial charge in [0.15, 0.2) is 0 Å². The van der Waals surface area contributed by atoms with Crippen LogP contribution in [0.25, 0.3) is 10.9 Å². The maximum Gasteiger partial charge on any atom is 0.241 e. The molecule has 29 heavy (non-hydrogen) atoms. The zero-order chi connectivity index (χ0) is 19.4. The molecule has 3 aromatic carbocycles. The highest BCUT2D eigenvalue weighted by Crippen LogP contribution is 2.48. The van der Waals surface area contributed by atoms with Gasteiger partial charge in [-0.3, -0.25) is 9.69 Å². The van der Waals surface area contributed by atoms with Gasteiger partial charge in [0.2, 0.25) is 5.91 Å². The molecule has 2 aliphatic heterocycles. The molecule has 0 saturated heterocycles. The third-order valence-electron chi connectivity index (χ3n) is 6.24. The zero-order valence-electron chi connectivity index (χ0n) is 15.9. The third kappa shape index (κ3) is 2.39. The van der Waals surface area contributed by atoms with Gasteiger partial charge in [-0.25, -0.2) is 0 Å². The Hall–Kier alpha value is -3.37. The predicted molar refractivity (Wildman–Crippen MR) is 116 cm³/mol. The number of nitrogens with zero attached hydrogens (tertiary/aromatic N) is 1. The topological polar surface area (TPSA) is 48.1 Å². The molecule has 4 nitrogen and oxygen atoms in total. The number of benzene rings is 3. The monoisotopic (exact) mass is 379 g/mol. The molecule has 1 aromatic heterocycles. The lowest BCUT2D eigenvalue weighted by Gasteiger charge is -2.29. The van der Waals surface area contributed by atoms with E-state index in [1.54, 1.807) is 0 Å². The number of carbonyl (C=O) groups is 1. The normalized spacial score (nSPS) is 20.7. The van der Waals surface area contributed by atoms with Crippen molar-refractivity contribution in [1.29, 1.82) is 0 Å². The van der Waals surface area contributed by atoms with Gasteiger partial charge < -0.3 is 10.3 Å². The number of carbonyl (C=O) groups excluding carboxylic acids is 1. The average Bonchev–Trinajstić information content (AvgIpc) is 3.29. The Labute approximate surface area is 169 Å². The number of H-pyrrole nitrogens is 1. The molecule has 0 saturated carbocycles. The van der Waals surface area contributed by atoms with Crippen LogP contribution >= 0.6 is 0 Å². The zero-order valence-corrected chi connectivity index (χ0v) is 15.9. The number of hydrogen-bond donors (Lipinski definition) is 2. The highest BCUT2D eigenvalue weighted by Gasteiger charge is 2.44. The molecular weight excluding hydrogens is 358 g/mol. The largest absolute Gasteiger partial charge is 0.357 e. The van der Waals surface area contributed by atoms with Gasteiger partial charge >= 0.3 is 0 Å². The highest BCUT2D eigenvalue weighted by atomic mass is 16.2. The van der Waals surface area contributed by atoms with Crippen LogP contribution < -0.4 is 10.2 Å². The van der Waals surface area contributed by atoms with Crippen molar-refractivity contribution in [3.63, 3.8) is 0 Å². The van der Waals surface area contributed by atoms with Gasteiger partial charge in [0.05, 0.1) is 17.6 Å². The minimum absolute atomic E-state index is 0.0616. The second-order valence-corrected chi connectivity index (χ2v) is 7.79. The Morgan fingerprint density at radius 2 is 1.62 bits per heavy atom. The van der Waals surface area contributed by atoms with Crippen LogP contribution in [0.15, 0.2) is 78.9 Å². The maximum absolute atomic E-state index is 13.8. The Morgan fingerprint density at radius 3 is 2.52 bits per heavy atom. The van der Waals surface area contributed by atoms with Gasteiger partial charge in [0.25, 0.3) is 0 Å². The molecule has 2 aliphatic rings. The second-order valence-electron chi connectivity index (χ2n) is 7.79. The molecule has 2 atom stereocenters. The molecule has 4 aromatic rings. The molecule has 2 N–H and O–H groups in total. The van der Waals surface area contributed by atoms with Gasteiger partial charge in [-0.2, -0.15) is 0 Å². The quantitative estimate of drug-likeness (QED) is 0.525. The smallest absolute Gasteiger partial charge is 0.241 e. The maximum atomic E-state index is 13.8. The number of nitrogens with one attached hydrogen (secondary N) is 2. The van der Waals surface area contributed by atoms with E-state index >= 15 is 0 Å². The van der Waals surface area contributed by atoms with Gasteiger partial charge in [0.1, 0.15) is 0 Å². The van der Waals surface area contributed by atoms with E-state index < -0.39 is 0 Å². The first-order chi connectivity index (χ1) is 14.3. The summed E-state index contributed by atoms with van der Waals surface area (Å²) in [6.07, 6.45) is 0.973. The summed E-state index contributed by atoms with van der Waals surface area (Å²) in [5.41, 5.74) is 6.63. The van der Waals surface area contributed by atoms with Crippen molar-refractivity contribution in [3.05, 3.63) is 95.7 Å². The van der Waals surface area contributed by atoms with Crippen LogP contribution in [0.2, 0.25) is 0 Å². The van der Waals surface area contributed by atoms with Crippen molar-refractivity contribution in [2.45, 2.75) is 18.4 Å². The van der Waals surface area contributed by atoms with Crippen molar-refractivity contribution in [2.24, 2.45) is 0 Å². The van der Waals surface area contributed by atoms with Gasteiger partial charge in [0, 0.05) is 22.3 Å². The molecule has 0 spiro atoms. The van der Waals surface area contributed by atoms with E-state index in [0.29, 0.717) is 0 Å². The van der Waals surface area contributed by atoms with Crippen LogP contribution in [-0.4, -0.2) is 17.4 Å². The Balaban J connectivity index is 1.51. The van der Waals surface area contributed by atoms with E-state index in [1.165, 1.54) is 10.9 Å². The highest BCUT2D eigenvalue weighted by molar-refractivity contribution is 6.10.